The third-order valence-electron chi connectivity index (χ3n) is 2.93. The first-order valence-electron chi connectivity index (χ1n) is 6.06. The number of hydrogen-bond acceptors (Lipinski definition) is 2. The monoisotopic (exact) mass is 235 g/mol. The molecule has 2 heteroatoms. The van der Waals surface area contributed by atoms with Crippen LogP contribution in [-0.4, -0.2) is 7.11 Å². The molecule has 0 unspecified atom stereocenters. The van der Waals surface area contributed by atoms with E-state index >= 15 is 0 Å². The van der Waals surface area contributed by atoms with E-state index in [4.69, 9.17) is 10.5 Å². The molecule has 0 saturated carbocycles. The van der Waals surface area contributed by atoms with Crippen molar-refractivity contribution >= 4 is 5.69 Å². The lowest BCUT2D eigenvalue weighted by Gasteiger charge is -2.29. The molecule has 0 aromatic heterocycles. The van der Waals surface area contributed by atoms with E-state index in [1.807, 2.05) is 12.1 Å². The summed E-state index contributed by atoms with van der Waals surface area (Å²) in [5.41, 5.74) is 9.23. The van der Waals surface area contributed by atoms with Gasteiger partial charge in [0.25, 0.3) is 0 Å². The minimum atomic E-state index is 0.0285. The molecular formula is C15H25NO. The van der Waals surface area contributed by atoms with Gasteiger partial charge in [-0.15, -0.1) is 0 Å². The zero-order chi connectivity index (χ0) is 13.4. The molecule has 0 aliphatic rings. The lowest BCUT2D eigenvalue weighted by atomic mass is 9.79. The summed E-state index contributed by atoms with van der Waals surface area (Å²) in [5, 5.41) is 0. The second kappa shape index (κ2) is 4.25. The molecule has 0 amide bonds. The Bertz CT molecular complexity index is 373. The molecule has 0 aliphatic carbocycles. The average molecular weight is 235 g/mol. The van der Waals surface area contributed by atoms with Crippen LogP contribution in [-0.2, 0) is 10.8 Å². The van der Waals surface area contributed by atoms with E-state index in [0.29, 0.717) is 0 Å². The van der Waals surface area contributed by atoms with Crippen molar-refractivity contribution in [3.05, 3.63) is 23.3 Å². The van der Waals surface area contributed by atoms with Gasteiger partial charge >= 0.3 is 0 Å². The molecule has 1 rings (SSSR count). The first-order valence-corrected chi connectivity index (χ1v) is 6.06. The van der Waals surface area contributed by atoms with Gasteiger partial charge in [-0.1, -0.05) is 41.5 Å². The van der Waals surface area contributed by atoms with Crippen LogP contribution in [0.4, 0.5) is 5.69 Å². The predicted molar refractivity (Wildman–Crippen MR) is 74.8 cm³/mol. The fourth-order valence-corrected chi connectivity index (χ4v) is 1.99. The first-order chi connectivity index (χ1) is 7.57. The van der Waals surface area contributed by atoms with E-state index in [1.165, 1.54) is 11.1 Å². The second-order valence-corrected chi connectivity index (χ2v) is 6.65. The van der Waals surface area contributed by atoms with Crippen LogP contribution in [0.1, 0.15) is 52.7 Å². The SMILES string of the molecule is COc1c(C(C)(C)C)cc(N)cc1C(C)(C)C. The van der Waals surface area contributed by atoms with Crippen LogP contribution in [0, 0.1) is 0 Å². The number of ether oxygens (including phenoxy) is 1. The molecule has 1 aromatic carbocycles. The Kier molecular flexibility index (Phi) is 3.47. The van der Waals surface area contributed by atoms with Gasteiger partial charge < -0.3 is 10.5 Å². The van der Waals surface area contributed by atoms with Gasteiger partial charge in [0, 0.05) is 16.8 Å². The maximum Gasteiger partial charge on any atom is 0.126 e. The Morgan fingerprint density at radius 1 is 0.882 bits per heavy atom. The van der Waals surface area contributed by atoms with Crippen molar-refractivity contribution in [3.8, 4) is 5.75 Å². The fraction of sp³-hybridized carbons (Fsp3) is 0.600. The zero-order valence-electron chi connectivity index (χ0n) is 12.1. The van der Waals surface area contributed by atoms with E-state index in [-0.39, 0.29) is 10.8 Å². The minimum Gasteiger partial charge on any atom is -0.496 e. The third-order valence-corrected chi connectivity index (χ3v) is 2.93. The van der Waals surface area contributed by atoms with Crippen molar-refractivity contribution in [3.63, 3.8) is 0 Å². The summed E-state index contributed by atoms with van der Waals surface area (Å²) in [4.78, 5) is 0. The average Bonchev–Trinajstić information content (AvgIpc) is 2.13. The molecule has 2 N–H and O–H groups in total. The standard InChI is InChI=1S/C15H25NO/c1-14(2,3)11-8-10(16)9-12(13(11)17-7)15(4,5)6/h8-9H,16H2,1-7H3. The smallest absolute Gasteiger partial charge is 0.126 e. The molecule has 17 heavy (non-hydrogen) atoms. The lowest BCUT2D eigenvalue weighted by Crippen LogP contribution is -2.19. The highest BCUT2D eigenvalue weighted by molar-refractivity contribution is 5.57. The highest BCUT2D eigenvalue weighted by Crippen LogP contribution is 2.40. The van der Waals surface area contributed by atoms with Crippen LogP contribution in [0.15, 0.2) is 12.1 Å². The normalized spacial score (nSPS) is 12.6. The number of anilines is 1. The van der Waals surface area contributed by atoms with Crippen LogP contribution < -0.4 is 10.5 Å². The molecule has 1 aromatic rings. The summed E-state index contributed by atoms with van der Waals surface area (Å²) in [6, 6.07) is 4.04. The first kappa shape index (κ1) is 13.9. The largest absolute Gasteiger partial charge is 0.496 e. The van der Waals surface area contributed by atoms with Gasteiger partial charge in [-0.05, 0) is 23.0 Å². The van der Waals surface area contributed by atoms with Crippen molar-refractivity contribution in [2.24, 2.45) is 0 Å². The van der Waals surface area contributed by atoms with Crippen LogP contribution in [0.3, 0.4) is 0 Å². The maximum atomic E-state index is 6.02. The Morgan fingerprint density at radius 2 is 1.24 bits per heavy atom. The topological polar surface area (TPSA) is 35.2 Å². The van der Waals surface area contributed by atoms with Crippen LogP contribution in [0.25, 0.3) is 0 Å². The van der Waals surface area contributed by atoms with Crippen LogP contribution >= 0.6 is 0 Å². The van der Waals surface area contributed by atoms with Crippen molar-refractivity contribution in [2.45, 2.75) is 52.4 Å². The molecule has 0 bridgehead atoms. The highest BCUT2D eigenvalue weighted by Gasteiger charge is 2.26. The predicted octanol–water partition coefficient (Wildman–Crippen LogP) is 3.87. The summed E-state index contributed by atoms with van der Waals surface area (Å²) in [7, 11) is 1.73. The fourth-order valence-electron chi connectivity index (χ4n) is 1.99. The van der Waals surface area contributed by atoms with E-state index in [1.54, 1.807) is 7.11 Å². The van der Waals surface area contributed by atoms with Gasteiger partial charge in [-0.2, -0.15) is 0 Å². The summed E-state index contributed by atoms with van der Waals surface area (Å²) < 4.78 is 5.63. The second-order valence-electron chi connectivity index (χ2n) is 6.65. The van der Waals surface area contributed by atoms with Crippen molar-refractivity contribution < 1.29 is 4.74 Å². The number of nitrogens with two attached hydrogens (primary N) is 1. The van der Waals surface area contributed by atoms with E-state index in [9.17, 15) is 0 Å². The summed E-state index contributed by atoms with van der Waals surface area (Å²) >= 11 is 0. The van der Waals surface area contributed by atoms with Gasteiger partial charge in [-0.25, -0.2) is 0 Å². The summed E-state index contributed by atoms with van der Waals surface area (Å²) in [6.45, 7) is 13.1. The Balaban J connectivity index is 3.58. The number of benzene rings is 1. The molecule has 0 atom stereocenters. The van der Waals surface area contributed by atoms with Crippen LogP contribution in [0.2, 0.25) is 0 Å². The Morgan fingerprint density at radius 3 is 1.47 bits per heavy atom. The molecular weight excluding hydrogens is 210 g/mol. The van der Waals surface area contributed by atoms with E-state index < -0.39 is 0 Å². The lowest BCUT2D eigenvalue weighted by molar-refractivity contribution is 0.382. The molecule has 0 saturated heterocycles. The van der Waals surface area contributed by atoms with Gasteiger partial charge in [0.15, 0.2) is 0 Å². The highest BCUT2D eigenvalue weighted by atomic mass is 16.5. The minimum absolute atomic E-state index is 0.0285. The maximum absolute atomic E-state index is 6.02. The van der Waals surface area contributed by atoms with Gasteiger partial charge in [0.2, 0.25) is 0 Å². The van der Waals surface area contributed by atoms with Gasteiger partial charge in [0.05, 0.1) is 7.11 Å². The quantitative estimate of drug-likeness (QED) is 0.750. The molecule has 0 radical (unpaired) electrons. The molecule has 2 nitrogen and oxygen atoms in total. The molecule has 0 heterocycles. The van der Waals surface area contributed by atoms with Crippen molar-refractivity contribution in [1.82, 2.24) is 0 Å². The summed E-state index contributed by atoms with van der Waals surface area (Å²) in [6.07, 6.45) is 0. The number of rotatable bonds is 1. The number of nitrogen functional groups attached to an aromatic ring is 1. The Hall–Kier alpha value is -1.18. The molecule has 0 aliphatic heterocycles. The van der Waals surface area contributed by atoms with Crippen LogP contribution in [0.5, 0.6) is 5.75 Å². The van der Waals surface area contributed by atoms with Crippen molar-refractivity contribution in [2.75, 3.05) is 12.8 Å². The van der Waals surface area contributed by atoms with Gasteiger partial charge in [0.1, 0.15) is 5.75 Å². The van der Waals surface area contributed by atoms with Gasteiger partial charge in [-0.3, -0.25) is 0 Å². The zero-order valence-corrected chi connectivity index (χ0v) is 12.1. The third kappa shape index (κ3) is 2.93. The van der Waals surface area contributed by atoms with E-state index in [2.05, 4.69) is 41.5 Å². The molecule has 0 spiro atoms. The van der Waals surface area contributed by atoms with Crippen molar-refractivity contribution in [1.29, 1.82) is 0 Å². The molecule has 96 valence electrons. The molecule has 0 fully saturated rings. The number of hydrogen-bond donors (Lipinski definition) is 1. The van der Waals surface area contributed by atoms with E-state index in [0.717, 1.165) is 11.4 Å². The Labute approximate surface area is 105 Å². The number of methoxy groups -OCH3 is 1. The summed E-state index contributed by atoms with van der Waals surface area (Å²) in [5.74, 6) is 0.971.